The van der Waals surface area contributed by atoms with Gasteiger partial charge in [0, 0.05) is 13.2 Å². The van der Waals surface area contributed by atoms with E-state index in [0.29, 0.717) is 0 Å². The van der Waals surface area contributed by atoms with Gasteiger partial charge < -0.3 is 4.74 Å². The maximum Gasteiger partial charge on any atom is 0.0494 e. The van der Waals surface area contributed by atoms with Gasteiger partial charge >= 0.3 is 0 Å². The fourth-order valence-electron chi connectivity index (χ4n) is 4.61. The minimum atomic E-state index is 0.858. The summed E-state index contributed by atoms with van der Waals surface area (Å²) in [7, 11) is 0. The standard InChI is InChI=1S/C20H36O/c1-3-5-6-7-17-8-12-19(13-9-17)20-14-10-18(11-15-20)16-21-4-2/h3,17-20H,1,4-16H2,2H3. The summed E-state index contributed by atoms with van der Waals surface area (Å²) >= 11 is 0. The SMILES string of the molecule is C=CCCCC1CCC(C2CCC(COCC)CC2)CC1. The van der Waals surface area contributed by atoms with Crippen LogP contribution in [0.1, 0.15) is 77.6 Å². The first-order chi connectivity index (χ1) is 10.3. The highest BCUT2D eigenvalue weighted by molar-refractivity contribution is 4.82. The Hall–Kier alpha value is -0.300. The van der Waals surface area contributed by atoms with Crippen LogP contribution in [-0.4, -0.2) is 13.2 Å². The summed E-state index contributed by atoms with van der Waals surface area (Å²) in [6, 6.07) is 0. The van der Waals surface area contributed by atoms with E-state index in [4.69, 9.17) is 4.74 Å². The highest BCUT2D eigenvalue weighted by Crippen LogP contribution is 2.42. The van der Waals surface area contributed by atoms with Crippen molar-refractivity contribution in [3.8, 4) is 0 Å². The second-order valence-electron chi connectivity index (χ2n) is 7.44. The minimum Gasteiger partial charge on any atom is -0.381 e. The molecule has 0 spiro atoms. The largest absolute Gasteiger partial charge is 0.381 e. The van der Waals surface area contributed by atoms with Gasteiger partial charge in [0.05, 0.1) is 0 Å². The van der Waals surface area contributed by atoms with Gasteiger partial charge in [0.2, 0.25) is 0 Å². The van der Waals surface area contributed by atoms with Crippen molar-refractivity contribution in [3.05, 3.63) is 12.7 Å². The van der Waals surface area contributed by atoms with E-state index in [9.17, 15) is 0 Å². The summed E-state index contributed by atoms with van der Waals surface area (Å²) in [4.78, 5) is 0. The van der Waals surface area contributed by atoms with Crippen molar-refractivity contribution >= 4 is 0 Å². The average Bonchev–Trinajstić information content (AvgIpc) is 2.54. The van der Waals surface area contributed by atoms with Crippen molar-refractivity contribution in [2.45, 2.75) is 77.6 Å². The Morgan fingerprint density at radius 3 is 2.00 bits per heavy atom. The van der Waals surface area contributed by atoms with Crippen LogP contribution in [0.5, 0.6) is 0 Å². The van der Waals surface area contributed by atoms with Crippen molar-refractivity contribution in [1.29, 1.82) is 0 Å². The smallest absolute Gasteiger partial charge is 0.0494 e. The van der Waals surface area contributed by atoms with E-state index in [1.807, 2.05) is 0 Å². The Morgan fingerprint density at radius 2 is 1.48 bits per heavy atom. The number of allylic oxidation sites excluding steroid dienone is 1. The lowest BCUT2D eigenvalue weighted by atomic mass is 9.69. The third kappa shape index (κ3) is 5.77. The molecule has 0 N–H and O–H groups in total. The molecule has 0 aromatic carbocycles. The van der Waals surface area contributed by atoms with Gasteiger partial charge in [0.25, 0.3) is 0 Å². The van der Waals surface area contributed by atoms with E-state index in [0.717, 1.165) is 36.9 Å². The zero-order chi connectivity index (χ0) is 14.9. The molecule has 0 aromatic heterocycles. The van der Waals surface area contributed by atoms with Crippen LogP contribution in [0.4, 0.5) is 0 Å². The number of hydrogen-bond acceptors (Lipinski definition) is 1. The first-order valence-corrected chi connectivity index (χ1v) is 9.52. The Kier molecular flexibility index (Phi) is 7.85. The van der Waals surface area contributed by atoms with Crippen molar-refractivity contribution < 1.29 is 4.74 Å². The Balaban J connectivity index is 1.61. The fraction of sp³-hybridized carbons (Fsp3) is 0.900. The van der Waals surface area contributed by atoms with E-state index in [1.54, 1.807) is 0 Å². The molecule has 122 valence electrons. The van der Waals surface area contributed by atoms with E-state index in [-0.39, 0.29) is 0 Å². The van der Waals surface area contributed by atoms with Crippen LogP contribution in [0.2, 0.25) is 0 Å². The first-order valence-electron chi connectivity index (χ1n) is 9.52. The maximum absolute atomic E-state index is 5.61. The highest BCUT2D eigenvalue weighted by Gasteiger charge is 2.30. The lowest BCUT2D eigenvalue weighted by Crippen LogP contribution is -2.27. The Bertz CT molecular complexity index is 270. The van der Waals surface area contributed by atoms with Crippen LogP contribution in [0.15, 0.2) is 12.7 Å². The predicted molar refractivity (Wildman–Crippen MR) is 91.4 cm³/mol. The second-order valence-corrected chi connectivity index (χ2v) is 7.44. The molecule has 2 fully saturated rings. The lowest BCUT2D eigenvalue weighted by Gasteiger charge is -2.37. The lowest BCUT2D eigenvalue weighted by molar-refractivity contribution is 0.0710. The molecule has 2 aliphatic carbocycles. The molecule has 0 amide bonds. The predicted octanol–water partition coefficient (Wildman–Crippen LogP) is 5.99. The molecular weight excluding hydrogens is 256 g/mol. The summed E-state index contributed by atoms with van der Waals surface area (Å²) in [6.07, 6.45) is 17.9. The molecule has 21 heavy (non-hydrogen) atoms. The van der Waals surface area contributed by atoms with Gasteiger partial charge in [-0.25, -0.2) is 0 Å². The van der Waals surface area contributed by atoms with Crippen molar-refractivity contribution in [1.82, 2.24) is 0 Å². The van der Waals surface area contributed by atoms with Crippen molar-refractivity contribution in [2.24, 2.45) is 23.7 Å². The third-order valence-corrected chi connectivity index (χ3v) is 6.03. The van der Waals surface area contributed by atoms with Crippen LogP contribution < -0.4 is 0 Å². The quantitative estimate of drug-likeness (QED) is 0.394. The van der Waals surface area contributed by atoms with Gasteiger partial charge in [-0.15, -0.1) is 6.58 Å². The summed E-state index contributed by atoms with van der Waals surface area (Å²) in [5, 5.41) is 0. The van der Waals surface area contributed by atoms with Crippen LogP contribution in [0, 0.1) is 23.7 Å². The first kappa shape index (κ1) is 17.1. The zero-order valence-electron chi connectivity index (χ0n) is 14.2. The maximum atomic E-state index is 5.61. The molecular formula is C20H36O. The number of unbranched alkanes of at least 4 members (excludes halogenated alkanes) is 1. The third-order valence-electron chi connectivity index (χ3n) is 6.03. The fourth-order valence-corrected chi connectivity index (χ4v) is 4.61. The molecule has 0 saturated heterocycles. The summed E-state index contributed by atoms with van der Waals surface area (Å²) in [5.41, 5.74) is 0. The van der Waals surface area contributed by atoms with E-state index < -0.39 is 0 Å². The highest BCUT2D eigenvalue weighted by atomic mass is 16.5. The number of rotatable bonds is 8. The molecule has 2 aliphatic rings. The van der Waals surface area contributed by atoms with Gasteiger partial charge in [-0.2, -0.15) is 0 Å². The van der Waals surface area contributed by atoms with E-state index in [2.05, 4.69) is 19.6 Å². The van der Waals surface area contributed by atoms with Gasteiger partial charge in [0.15, 0.2) is 0 Å². The molecule has 2 rings (SSSR count). The van der Waals surface area contributed by atoms with Crippen LogP contribution in [0.3, 0.4) is 0 Å². The Morgan fingerprint density at radius 1 is 0.905 bits per heavy atom. The molecule has 0 aromatic rings. The number of hydrogen-bond donors (Lipinski definition) is 0. The molecule has 2 saturated carbocycles. The number of ether oxygens (including phenoxy) is 1. The van der Waals surface area contributed by atoms with E-state index >= 15 is 0 Å². The molecule has 0 unspecified atom stereocenters. The second kappa shape index (κ2) is 9.66. The average molecular weight is 293 g/mol. The minimum absolute atomic E-state index is 0.858. The summed E-state index contributed by atoms with van der Waals surface area (Å²) in [5.74, 6) is 3.97. The summed E-state index contributed by atoms with van der Waals surface area (Å²) in [6.45, 7) is 7.84. The molecule has 1 heteroatoms. The van der Waals surface area contributed by atoms with Gasteiger partial charge in [-0.05, 0) is 82.0 Å². The molecule has 1 nitrogen and oxygen atoms in total. The van der Waals surface area contributed by atoms with Crippen molar-refractivity contribution in [3.63, 3.8) is 0 Å². The molecule has 0 atom stereocenters. The molecule has 0 radical (unpaired) electrons. The van der Waals surface area contributed by atoms with Crippen LogP contribution in [-0.2, 0) is 4.74 Å². The molecule has 0 aliphatic heterocycles. The van der Waals surface area contributed by atoms with E-state index in [1.165, 1.54) is 70.6 Å². The Labute approximate surface area is 132 Å². The van der Waals surface area contributed by atoms with Crippen LogP contribution >= 0.6 is 0 Å². The monoisotopic (exact) mass is 292 g/mol. The summed E-state index contributed by atoms with van der Waals surface area (Å²) < 4.78 is 5.61. The van der Waals surface area contributed by atoms with Gasteiger partial charge in [-0.1, -0.05) is 25.3 Å². The van der Waals surface area contributed by atoms with Gasteiger partial charge in [-0.3, -0.25) is 0 Å². The van der Waals surface area contributed by atoms with Gasteiger partial charge in [0.1, 0.15) is 0 Å². The molecule has 0 heterocycles. The normalized spacial score (nSPS) is 33.8. The topological polar surface area (TPSA) is 9.23 Å². The molecule has 0 bridgehead atoms. The van der Waals surface area contributed by atoms with Crippen molar-refractivity contribution in [2.75, 3.05) is 13.2 Å². The van der Waals surface area contributed by atoms with Crippen LogP contribution in [0.25, 0.3) is 0 Å². The zero-order valence-corrected chi connectivity index (χ0v) is 14.2.